The molecule has 1 amide bonds. The van der Waals surface area contributed by atoms with E-state index in [1.165, 1.54) is 12.8 Å². The van der Waals surface area contributed by atoms with Gasteiger partial charge in [0.2, 0.25) is 10.0 Å². The van der Waals surface area contributed by atoms with Crippen molar-refractivity contribution in [2.45, 2.75) is 25.7 Å². The fourth-order valence-electron chi connectivity index (χ4n) is 4.46. The van der Waals surface area contributed by atoms with Crippen molar-refractivity contribution in [1.82, 2.24) is 4.98 Å². The fraction of sp³-hybridized carbons (Fsp3) is 0.391. The number of nitrogens with zero attached hydrogens (tertiary/aromatic N) is 2. The van der Waals surface area contributed by atoms with Gasteiger partial charge < -0.3 is 15.3 Å². The number of pyridine rings is 1. The molecule has 8 nitrogen and oxygen atoms in total. The normalized spacial score (nSPS) is 17.3. The molecule has 1 aliphatic carbocycles. The molecule has 1 aromatic carbocycles. The van der Waals surface area contributed by atoms with Crippen LogP contribution in [0, 0.1) is 5.41 Å². The highest BCUT2D eigenvalue weighted by molar-refractivity contribution is 7.92. The quantitative estimate of drug-likeness (QED) is 0.470. The van der Waals surface area contributed by atoms with Crippen molar-refractivity contribution in [2.75, 3.05) is 40.4 Å². The maximum atomic E-state index is 13.3. The summed E-state index contributed by atoms with van der Waals surface area (Å²) in [5.41, 5.74) is 2.77. The zero-order valence-electron chi connectivity index (χ0n) is 18.1. The van der Waals surface area contributed by atoms with E-state index in [2.05, 4.69) is 19.9 Å². The first-order chi connectivity index (χ1) is 15.9. The van der Waals surface area contributed by atoms with Crippen molar-refractivity contribution in [2.24, 2.45) is 5.41 Å². The molecule has 2 fully saturated rings. The summed E-state index contributed by atoms with van der Waals surface area (Å²) in [5.74, 6) is -0.624. The van der Waals surface area contributed by atoms with Gasteiger partial charge >= 0.3 is 0 Å². The van der Waals surface area contributed by atoms with Crippen molar-refractivity contribution in [1.29, 1.82) is 0 Å². The highest BCUT2D eigenvalue weighted by Crippen LogP contribution is 2.54. The van der Waals surface area contributed by atoms with E-state index < -0.39 is 16.6 Å². The molecule has 1 saturated heterocycles. The van der Waals surface area contributed by atoms with Crippen LogP contribution in [0.4, 0.5) is 17.1 Å². The molecule has 1 aliphatic heterocycles. The number of benzene rings is 1. The van der Waals surface area contributed by atoms with Crippen molar-refractivity contribution in [3.05, 3.63) is 47.6 Å². The van der Waals surface area contributed by atoms with E-state index >= 15 is 0 Å². The number of hydrogen-bond donors (Lipinski definition) is 3. The van der Waals surface area contributed by atoms with E-state index in [4.69, 9.17) is 5.11 Å². The van der Waals surface area contributed by atoms with Crippen LogP contribution >= 0.6 is 11.3 Å². The number of nitrogens with one attached hydrogen (secondary N) is 2. The predicted molar refractivity (Wildman–Crippen MR) is 132 cm³/mol. The van der Waals surface area contributed by atoms with E-state index in [0.717, 1.165) is 36.0 Å². The smallest absolute Gasteiger partial charge is 0.257 e. The molecule has 2 aromatic heterocycles. The van der Waals surface area contributed by atoms with Crippen LogP contribution in [0.5, 0.6) is 0 Å². The van der Waals surface area contributed by atoms with Crippen LogP contribution in [0.3, 0.4) is 0 Å². The number of sulfonamides is 1. The minimum Gasteiger partial charge on any atom is -0.395 e. The highest BCUT2D eigenvalue weighted by Gasteiger charge is 2.44. The Bertz CT molecular complexity index is 1290. The summed E-state index contributed by atoms with van der Waals surface area (Å²) in [6.45, 7) is 1.21. The lowest BCUT2D eigenvalue weighted by molar-refractivity contribution is 0.102. The van der Waals surface area contributed by atoms with Gasteiger partial charge in [0.15, 0.2) is 0 Å². The highest BCUT2D eigenvalue weighted by atomic mass is 32.2. The van der Waals surface area contributed by atoms with Gasteiger partial charge in [0, 0.05) is 40.9 Å². The second-order valence-corrected chi connectivity index (χ2v) is 11.6. The van der Waals surface area contributed by atoms with Gasteiger partial charge in [-0.2, -0.15) is 0 Å². The Morgan fingerprint density at radius 1 is 1.18 bits per heavy atom. The van der Waals surface area contributed by atoms with Gasteiger partial charge in [0.05, 0.1) is 35.0 Å². The molecule has 0 radical (unpaired) electrons. The van der Waals surface area contributed by atoms with E-state index in [9.17, 15) is 13.2 Å². The average molecular weight is 487 g/mol. The van der Waals surface area contributed by atoms with Gasteiger partial charge in [0.25, 0.3) is 5.91 Å². The first-order valence-electron chi connectivity index (χ1n) is 11.0. The molecule has 5 rings (SSSR count). The minimum atomic E-state index is -3.66. The largest absolute Gasteiger partial charge is 0.395 e. The third-order valence-corrected chi connectivity index (χ3v) is 8.85. The predicted octanol–water partition coefficient (Wildman–Crippen LogP) is 3.66. The third kappa shape index (κ3) is 4.68. The first-order valence-corrected chi connectivity index (χ1v) is 13.5. The lowest BCUT2D eigenvalue weighted by Crippen LogP contribution is -2.35. The van der Waals surface area contributed by atoms with Gasteiger partial charge in [-0.1, -0.05) is 0 Å². The molecule has 174 valence electrons. The maximum absolute atomic E-state index is 13.3. The number of carbonyl (C=O) groups excluding carboxylic acids is 1. The molecule has 2 aliphatic rings. The lowest BCUT2D eigenvalue weighted by Gasteiger charge is -2.35. The summed E-state index contributed by atoms with van der Waals surface area (Å²) in [5, 5.41) is 14.8. The number of aromatic nitrogens is 1. The molecule has 0 bridgehead atoms. The zero-order chi connectivity index (χ0) is 23.1. The molecule has 1 saturated carbocycles. The van der Waals surface area contributed by atoms with Crippen LogP contribution in [0.25, 0.3) is 10.1 Å². The van der Waals surface area contributed by atoms with Gasteiger partial charge in [0.1, 0.15) is 0 Å². The number of aliphatic hydroxyl groups is 1. The van der Waals surface area contributed by atoms with E-state index in [1.807, 2.05) is 11.4 Å². The standard InChI is InChI=1S/C23H26N4O4S2/c28-11-12-33(30,31)26-16-1-2-17(20(13-16)27-9-6-23(4-5-23)7-10-27)22(29)25-19-15-32-21-3-8-24-14-18(19)21/h1-3,8,13-15,26,28H,4-7,9-12H2,(H,25,29). The van der Waals surface area contributed by atoms with E-state index in [0.29, 0.717) is 28.0 Å². The Morgan fingerprint density at radius 3 is 2.70 bits per heavy atom. The molecule has 10 heteroatoms. The average Bonchev–Trinajstić information content (AvgIpc) is 3.43. The van der Waals surface area contributed by atoms with Crippen LogP contribution in [-0.4, -0.2) is 49.9 Å². The Morgan fingerprint density at radius 2 is 1.97 bits per heavy atom. The zero-order valence-corrected chi connectivity index (χ0v) is 19.7. The van der Waals surface area contributed by atoms with Gasteiger partial charge in [-0.3, -0.25) is 14.5 Å². The summed E-state index contributed by atoms with van der Waals surface area (Å²) >= 11 is 1.54. The summed E-state index contributed by atoms with van der Waals surface area (Å²) in [4.78, 5) is 19.7. The molecule has 1 spiro atoms. The Balaban J connectivity index is 1.45. The SMILES string of the molecule is O=C(Nc1csc2ccncc12)c1ccc(NS(=O)(=O)CCO)cc1N1CCC2(CC1)CC2. The number of aliphatic hydroxyl groups excluding tert-OH is 1. The Labute approximate surface area is 196 Å². The summed E-state index contributed by atoms with van der Waals surface area (Å²) in [6.07, 6.45) is 8.16. The monoisotopic (exact) mass is 486 g/mol. The lowest BCUT2D eigenvalue weighted by atomic mass is 9.93. The van der Waals surface area contributed by atoms with E-state index in [1.54, 1.807) is 41.9 Å². The van der Waals surface area contributed by atoms with Crippen LogP contribution < -0.4 is 14.9 Å². The van der Waals surface area contributed by atoms with Crippen molar-refractivity contribution in [3.8, 4) is 0 Å². The molecular weight excluding hydrogens is 460 g/mol. The number of hydrogen-bond acceptors (Lipinski definition) is 7. The molecule has 3 N–H and O–H groups in total. The summed E-state index contributed by atoms with van der Waals surface area (Å²) < 4.78 is 27.9. The van der Waals surface area contributed by atoms with E-state index in [-0.39, 0.29) is 11.7 Å². The number of rotatable bonds is 7. The molecular formula is C23H26N4O4S2. The summed E-state index contributed by atoms with van der Waals surface area (Å²) in [7, 11) is -3.66. The fourth-order valence-corrected chi connectivity index (χ4v) is 6.15. The Hall–Kier alpha value is -2.69. The first kappa shape index (κ1) is 22.1. The third-order valence-electron chi connectivity index (χ3n) is 6.62. The number of thiophene rings is 1. The number of piperidine rings is 1. The summed E-state index contributed by atoms with van der Waals surface area (Å²) in [6, 6.07) is 6.89. The maximum Gasteiger partial charge on any atom is 0.257 e. The topological polar surface area (TPSA) is 112 Å². The van der Waals surface area contributed by atoms with Gasteiger partial charge in [-0.25, -0.2) is 8.42 Å². The van der Waals surface area contributed by atoms with Crippen LogP contribution in [0.1, 0.15) is 36.0 Å². The molecule has 33 heavy (non-hydrogen) atoms. The molecule has 0 atom stereocenters. The number of fused-ring (bicyclic) bond motifs is 1. The van der Waals surface area contributed by atoms with Crippen LogP contribution in [0.2, 0.25) is 0 Å². The van der Waals surface area contributed by atoms with Crippen LogP contribution in [0.15, 0.2) is 42.0 Å². The number of carbonyl (C=O) groups is 1. The molecule has 0 unspecified atom stereocenters. The van der Waals surface area contributed by atoms with Gasteiger partial charge in [-0.05, 0) is 55.4 Å². The number of anilines is 3. The number of amides is 1. The van der Waals surface area contributed by atoms with Crippen molar-refractivity contribution >= 4 is 54.4 Å². The minimum absolute atomic E-state index is 0.245. The van der Waals surface area contributed by atoms with Crippen molar-refractivity contribution < 1.29 is 18.3 Å². The van der Waals surface area contributed by atoms with Gasteiger partial charge in [-0.15, -0.1) is 11.3 Å². The second-order valence-electron chi connectivity index (χ2n) is 8.84. The Kier molecular flexibility index (Phi) is 5.75. The van der Waals surface area contributed by atoms with Crippen molar-refractivity contribution in [3.63, 3.8) is 0 Å². The van der Waals surface area contributed by atoms with Crippen LogP contribution in [-0.2, 0) is 10.0 Å². The molecule has 3 heterocycles. The second kappa shape index (κ2) is 8.58. The molecule has 3 aromatic rings.